The molecule has 3 rings (SSSR count). The van der Waals surface area contributed by atoms with E-state index < -0.39 is 5.76 Å². The standard InChI is InChI=1S/C14H12F2N2OS2/c15-13(16)21-10-5-3-9(4-6-10)12(19)18-14-17-11(7-20-14)8-1-2-8/h3-8,13H,1-2H2,(H,17,18,19). The van der Waals surface area contributed by atoms with Crippen molar-refractivity contribution in [3.8, 4) is 0 Å². The van der Waals surface area contributed by atoms with Gasteiger partial charge in [-0.3, -0.25) is 10.1 Å². The highest BCUT2D eigenvalue weighted by Gasteiger charge is 2.26. The number of thiazole rings is 1. The summed E-state index contributed by atoms with van der Waals surface area (Å²) in [4.78, 5) is 16.9. The summed E-state index contributed by atoms with van der Waals surface area (Å²) in [6.07, 6.45) is 2.33. The lowest BCUT2D eigenvalue weighted by Gasteiger charge is -2.03. The minimum atomic E-state index is -2.46. The number of thioether (sulfide) groups is 1. The first-order valence-electron chi connectivity index (χ1n) is 6.43. The zero-order chi connectivity index (χ0) is 14.8. The Labute approximate surface area is 128 Å². The van der Waals surface area contributed by atoms with Crippen molar-refractivity contribution >= 4 is 34.1 Å². The van der Waals surface area contributed by atoms with E-state index in [9.17, 15) is 13.6 Å². The van der Waals surface area contributed by atoms with Gasteiger partial charge in [-0.15, -0.1) is 11.3 Å². The molecular formula is C14H12F2N2OS2. The van der Waals surface area contributed by atoms with Crippen molar-refractivity contribution in [3.63, 3.8) is 0 Å². The van der Waals surface area contributed by atoms with Crippen LogP contribution in [0.1, 0.15) is 34.8 Å². The highest BCUT2D eigenvalue weighted by Crippen LogP contribution is 2.40. The number of aromatic nitrogens is 1. The van der Waals surface area contributed by atoms with Gasteiger partial charge in [-0.1, -0.05) is 11.8 Å². The summed E-state index contributed by atoms with van der Waals surface area (Å²) < 4.78 is 24.4. The number of halogens is 2. The fraction of sp³-hybridized carbons (Fsp3) is 0.286. The number of amides is 1. The molecule has 0 aliphatic heterocycles. The largest absolute Gasteiger partial charge is 0.298 e. The zero-order valence-electron chi connectivity index (χ0n) is 10.9. The molecule has 0 saturated heterocycles. The number of rotatable bonds is 5. The highest BCUT2D eigenvalue weighted by atomic mass is 32.2. The van der Waals surface area contributed by atoms with E-state index in [1.165, 1.54) is 48.4 Å². The van der Waals surface area contributed by atoms with Crippen molar-refractivity contribution in [2.45, 2.75) is 29.4 Å². The molecule has 0 bridgehead atoms. The maximum atomic E-state index is 12.2. The van der Waals surface area contributed by atoms with E-state index in [1.54, 1.807) is 0 Å². The lowest BCUT2D eigenvalue weighted by atomic mass is 10.2. The normalized spacial score (nSPS) is 14.4. The zero-order valence-corrected chi connectivity index (χ0v) is 12.5. The number of hydrogen-bond acceptors (Lipinski definition) is 4. The maximum absolute atomic E-state index is 12.2. The van der Waals surface area contributed by atoms with Crippen molar-refractivity contribution in [1.29, 1.82) is 0 Å². The van der Waals surface area contributed by atoms with Crippen LogP contribution in [-0.4, -0.2) is 16.6 Å². The number of alkyl halides is 2. The Bertz CT molecular complexity index is 639. The second kappa shape index (κ2) is 6.11. The van der Waals surface area contributed by atoms with Gasteiger partial charge in [0.15, 0.2) is 5.13 Å². The van der Waals surface area contributed by atoms with Crippen molar-refractivity contribution in [2.24, 2.45) is 0 Å². The van der Waals surface area contributed by atoms with E-state index in [0.717, 1.165) is 5.69 Å². The topological polar surface area (TPSA) is 42.0 Å². The summed E-state index contributed by atoms with van der Waals surface area (Å²) in [5, 5.41) is 5.28. The lowest BCUT2D eigenvalue weighted by Crippen LogP contribution is -2.11. The van der Waals surface area contributed by atoms with Crippen LogP contribution in [0.25, 0.3) is 0 Å². The minimum absolute atomic E-state index is 0.278. The third-order valence-corrected chi connectivity index (χ3v) is 4.58. The second-order valence-electron chi connectivity index (χ2n) is 4.71. The van der Waals surface area contributed by atoms with Crippen molar-refractivity contribution in [3.05, 3.63) is 40.9 Å². The summed E-state index contributed by atoms with van der Waals surface area (Å²) in [6.45, 7) is 0. The van der Waals surface area contributed by atoms with Crippen molar-refractivity contribution in [2.75, 3.05) is 5.32 Å². The molecule has 1 aromatic heterocycles. The van der Waals surface area contributed by atoms with Gasteiger partial charge < -0.3 is 0 Å². The first-order chi connectivity index (χ1) is 10.1. The number of hydrogen-bond donors (Lipinski definition) is 1. The summed E-state index contributed by atoms with van der Waals surface area (Å²) in [6, 6.07) is 6.11. The van der Waals surface area contributed by atoms with E-state index in [-0.39, 0.29) is 5.91 Å². The Kier molecular flexibility index (Phi) is 4.21. The number of benzene rings is 1. The van der Waals surface area contributed by atoms with Gasteiger partial charge in [0, 0.05) is 21.8 Å². The Morgan fingerprint density at radius 1 is 1.33 bits per heavy atom. The molecule has 3 nitrogen and oxygen atoms in total. The van der Waals surface area contributed by atoms with Gasteiger partial charge in [-0.05, 0) is 37.1 Å². The van der Waals surface area contributed by atoms with Gasteiger partial charge in [0.1, 0.15) is 0 Å². The van der Waals surface area contributed by atoms with Gasteiger partial charge in [0.05, 0.1) is 5.69 Å². The summed E-state index contributed by atoms with van der Waals surface area (Å²) >= 11 is 1.87. The number of anilines is 1. The molecule has 1 aromatic carbocycles. The van der Waals surface area contributed by atoms with Gasteiger partial charge in [0.2, 0.25) is 0 Å². The van der Waals surface area contributed by atoms with Crippen LogP contribution in [0.4, 0.5) is 13.9 Å². The number of nitrogens with one attached hydrogen (secondary N) is 1. The summed E-state index contributed by atoms with van der Waals surface area (Å²) in [5.74, 6) is -2.18. The smallest absolute Gasteiger partial charge is 0.288 e. The third kappa shape index (κ3) is 3.79. The van der Waals surface area contributed by atoms with E-state index in [4.69, 9.17) is 0 Å². The van der Waals surface area contributed by atoms with E-state index in [1.807, 2.05) is 5.38 Å². The molecule has 1 N–H and O–H groups in total. The fourth-order valence-corrected chi connectivity index (χ4v) is 3.15. The molecule has 1 amide bonds. The van der Waals surface area contributed by atoms with E-state index >= 15 is 0 Å². The van der Waals surface area contributed by atoms with Gasteiger partial charge >= 0.3 is 0 Å². The van der Waals surface area contributed by atoms with Gasteiger partial charge in [0.25, 0.3) is 11.7 Å². The average Bonchev–Trinajstić information content (AvgIpc) is 3.20. The molecule has 0 radical (unpaired) electrons. The Hall–Kier alpha value is -1.47. The molecule has 110 valence electrons. The Balaban J connectivity index is 1.63. The Morgan fingerprint density at radius 3 is 2.67 bits per heavy atom. The molecule has 1 aliphatic carbocycles. The molecule has 7 heteroatoms. The fourth-order valence-electron chi connectivity index (χ4n) is 1.87. The molecule has 0 unspecified atom stereocenters. The molecule has 0 atom stereocenters. The Morgan fingerprint density at radius 2 is 2.05 bits per heavy atom. The predicted octanol–water partition coefficient (Wildman–Crippen LogP) is 4.59. The first-order valence-corrected chi connectivity index (χ1v) is 8.19. The SMILES string of the molecule is O=C(Nc1nc(C2CC2)cs1)c1ccc(SC(F)F)cc1. The quantitative estimate of drug-likeness (QED) is 0.817. The minimum Gasteiger partial charge on any atom is -0.298 e. The molecule has 0 spiro atoms. The monoisotopic (exact) mass is 326 g/mol. The molecular weight excluding hydrogens is 314 g/mol. The molecule has 1 aliphatic rings. The number of carbonyl (C=O) groups excluding carboxylic acids is 1. The molecule has 1 heterocycles. The van der Waals surface area contributed by atoms with Crippen LogP contribution in [-0.2, 0) is 0 Å². The molecule has 1 fully saturated rings. The first kappa shape index (κ1) is 14.5. The summed E-state index contributed by atoms with van der Waals surface area (Å²) in [7, 11) is 0. The van der Waals surface area contributed by atoms with Crippen LogP contribution in [0.3, 0.4) is 0 Å². The van der Waals surface area contributed by atoms with Crippen molar-refractivity contribution < 1.29 is 13.6 Å². The average molecular weight is 326 g/mol. The van der Waals surface area contributed by atoms with Gasteiger partial charge in [-0.25, -0.2) is 4.98 Å². The van der Waals surface area contributed by atoms with Crippen LogP contribution in [0.5, 0.6) is 0 Å². The summed E-state index contributed by atoms with van der Waals surface area (Å²) in [5.41, 5.74) is 1.47. The van der Waals surface area contributed by atoms with Gasteiger partial charge in [-0.2, -0.15) is 8.78 Å². The maximum Gasteiger partial charge on any atom is 0.288 e. The molecule has 1 saturated carbocycles. The van der Waals surface area contributed by atoms with E-state index in [2.05, 4.69) is 10.3 Å². The molecule has 21 heavy (non-hydrogen) atoms. The lowest BCUT2D eigenvalue weighted by molar-refractivity contribution is 0.102. The predicted molar refractivity (Wildman–Crippen MR) is 80.3 cm³/mol. The highest BCUT2D eigenvalue weighted by molar-refractivity contribution is 7.99. The van der Waals surface area contributed by atoms with Crippen LogP contribution in [0, 0.1) is 0 Å². The number of nitrogens with zero attached hydrogens (tertiary/aromatic N) is 1. The second-order valence-corrected chi connectivity index (χ2v) is 6.63. The number of carbonyl (C=O) groups is 1. The van der Waals surface area contributed by atoms with Crippen LogP contribution in [0.15, 0.2) is 34.5 Å². The molecule has 2 aromatic rings. The third-order valence-electron chi connectivity index (χ3n) is 3.08. The van der Waals surface area contributed by atoms with Crippen LogP contribution >= 0.6 is 23.1 Å². The van der Waals surface area contributed by atoms with E-state index in [0.29, 0.717) is 33.3 Å². The van der Waals surface area contributed by atoms with Crippen molar-refractivity contribution in [1.82, 2.24) is 4.98 Å². The van der Waals surface area contributed by atoms with Crippen LogP contribution < -0.4 is 5.32 Å². The van der Waals surface area contributed by atoms with Crippen LogP contribution in [0.2, 0.25) is 0 Å².